The van der Waals surface area contributed by atoms with Gasteiger partial charge in [-0.2, -0.15) is 0 Å². The van der Waals surface area contributed by atoms with Crippen LogP contribution in [0.3, 0.4) is 0 Å². The second kappa shape index (κ2) is 6.88. The molecular weight excluding hydrogens is 270 g/mol. The van der Waals surface area contributed by atoms with Crippen molar-refractivity contribution in [2.75, 3.05) is 20.6 Å². The molecule has 0 fully saturated rings. The smallest absolute Gasteiger partial charge is 0.269 e. The number of benzene rings is 1. The molecule has 1 atom stereocenters. The van der Waals surface area contributed by atoms with Gasteiger partial charge in [-0.15, -0.1) is 0 Å². The molecule has 1 aliphatic heterocycles. The Morgan fingerprint density at radius 2 is 2.05 bits per heavy atom. The number of amides is 2. The van der Waals surface area contributed by atoms with Crippen molar-refractivity contribution in [2.24, 2.45) is 5.16 Å². The molecule has 1 N–H and O–H groups in total. The van der Waals surface area contributed by atoms with Gasteiger partial charge in [0.15, 0.2) is 6.10 Å². The summed E-state index contributed by atoms with van der Waals surface area (Å²) in [5, 5.41) is 6.52. The van der Waals surface area contributed by atoms with E-state index in [4.69, 9.17) is 4.84 Å². The second-order valence-electron chi connectivity index (χ2n) is 5.04. The molecule has 0 radical (unpaired) electrons. The van der Waals surface area contributed by atoms with Gasteiger partial charge in [-0.1, -0.05) is 35.5 Å². The highest BCUT2D eigenvalue weighted by atomic mass is 16.6. The third-order valence-electron chi connectivity index (χ3n) is 3.23. The molecular formula is C15H19N3O3. The summed E-state index contributed by atoms with van der Waals surface area (Å²) >= 11 is 0. The van der Waals surface area contributed by atoms with Crippen LogP contribution in [0.2, 0.25) is 0 Å². The van der Waals surface area contributed by atoms with E-state index in [1.165, 1.54) is 4.90 Å². The normalized spacial score (nSPS) is 16.9. The van der Waals surface area contributed by atoms with E-state index in [0.717, 1.165) is 5.56 Å². The van der Waals surface area contributed by atoms with Gasteiger partial charge in [0, 0.05) is 33.5 Å². The zero-order chi connectivity index (χ0) is 15.2. The molecule has 0 saturated heterocycles. The lowest BCUT2D eigenvalue weighted by Gasteiger charge is -2.10. The zero-order valence-corrected chi connectivity index (χ0v) is 12.2. The molecule has 0 saturated carbocycles. The molecule has 1 aromatic carbocycles. The maximum absolute atomic E-state index is 11.9. The lowest BCUT2D eigenvalue weighted by molar-refractivity contribution is -0.128. The summed E-state index contributed by atoms with van der Waals surface area (Å²) in [5.41, 5.74) is 1.35. The van der Waals surface area contributed by atoms with E-state index >= 15 is 0 Å². The summed E-state index contributed by atoms with van der Waals surface area (Å²) in [4.78, 5) is 30.1. The van der Waals surface area contributed by atoms with Crippen LogP contribution in [0.4, 0.5) is 0 Å². The molecule has 2 amide bonds. The van der Waals surface area contributed by atoms with Crippen molar-refractivity contribution in [1.82, 2.24) is 10.2 Å². The number of hydrogen-bond donors (Lipinski definition) is 1. The first kappa shape index (κ1) is 15.0. The highest BCUT2D eigenvalue weighted by molar-refractivity contribution is 6.39. The van der Waals surface area contributed by atoms with Crippen LogP contribution in [0.15, 0.2) is 35.5 Å². The van der Waals surface area contributed by atoms with Crippen molar-refractivity contribution in [1.29, 1.82) is 0 Å². The Balaban J connectivity index is 1.79. The highest BCUT2D eigenvalue weighted by Crippen LogP contribution is 2.26. The van der Waals surface area contributed by atoms with Crippen molar-refractivity contribution >= 4 is 17.5 Å². The van der Waals surface area contributed by atoms with Crippen molar-refractivity contribution in [2.45, 2.75) is 18.9 Å². The van der Waals surface area contributed by atoms with Gasteiger partial charge in [0.25, 0.3) is 5.91 Å². The van der Waals surface area contributed by atoms with Crippen LogP contribution in [0.25, 0.3) is 0 Å². The predicted octanol–water partition coefficient (Wildman–Crippen LogP) is 1.10. The largest absolute Gasteiger partial charge is 0.387 e. The van der Waals surface area contributed by atoms with Crippen LogP contribution in [-0.2, 0) is 14.4 Å². The standard InChI is InChI=1S/C15H19N3O3/c1-18(2)14(19)8-9-16-15(20)12-10-13(21-17-12)11-6-4-3-5-7-11/h3-7,13H,8-10H2,1-2H3,(H,16,20)/t13-/m0/s1. The summed E-state index contributed by atoms with van der Waals surface area (Å²) in [7, 11) is 3.37. The molecule has 1 heterocycles. The van der Waals surface area contributed by atoms with Gasteiger partial charge >= 0.3 is 0 Å². The Kier molecular flexibility index (Phi) is 4.92. The number of hydrogen-bond acceptors (Lipinski definition) is 4. The third-order valence-corrected chi connectivity index (χ3v) is 3.23. The number of carbonyl (C=O) groups is 2. The van der Waals surface area contributed by atoms with E-state index in [9.17, 15) is 9.59 Å². The van der Waals surface area contributed by atoms with Gasteiger partial charge in [0.1, 0.15) is 5.71 Å². The first-order valence-corrected chi connectivity index (χ1v) is 6.84. The zero-order valence-electron chi connectivity index (χ0n) is 12.2. The van der Waals surface area contributed by atoms with Gasteiger partial charge in [-0.05, 0) is 5.56 Å². The minimum atomic E-state index is -0.278. The monoisotopic (exact) mass is 289 g/mol. The van der Waals surface area contributed by atoms with E-state index < -0.39 is 0 Å². The fourth-order valence-electron chi connectivity index (χ4n) is 1.97. The fraction of sp³-hybridized carbons (Fsp3) is 0.400. The topological polar surface area (TPSA) is 71.0 Å². The molecule has 6 nitrogen and oxygen atoms in total. The average molecular weight is 289 g/mol. The van der Waals surface area contributed by atoms with Gasteiger partial charge in [0.05, 0.1) is 0 Å². The predicted molar refractivity (Wildman–Crippen MR) is 78.6 cm³/mol. The number of rotatable bonds is 5. The van der Waals surface area contributed by atoms with E-state index in [0.29, 0.717) is 18.7 Å². The first-order chi connectivity index (χ1) is 10.1. The minimum absolute atomic E-state index is 0.0259. The number of nitrogens with one attached hydrogen (secondary N) is 1. The molecule has 1 aromatic rings. The summed E-state index contributed by atoms with van der Waals surface area (Å²) in [6, 6.07) is 9.65. The third kappa shape index (κ3) is 4.05. The van der Waals surface area contributed by atoms with Gasteiger partial charge in [-0.3, -0.25) is 9.59 Å². The van der Waals surface area contributed by atoms with E-state index in [1.807, 2.05) is 30.3 Å². The Morgan fingerprint density at radius 3 is 2.71 bits per heavy atom. The van der Waals surface area contributed by atoms with Crippen LogP contribution < -0.4 is 5.32 Å². The van der Waals surface area contributed by atoms with Crippen LogP contribution in [0.1, 0.15) is 24.5 Å². The van der Waals surface area contributed by atoms with Gasteiger partial charge < -0.3 is 15.1 Å². The van der Waals surface area contributed by atoms with Gasteiger partial charge in [0.2, 0.25) is 5.91 Å². The minimum Gasteiger partial charge on any atom is -0.387 e. The lowest BCUT2D eigenvalue weighted by atomic mass is 10.0. The molecule has 0 bridgehead atoms. The van der Waals surface area contributed by atoms with Crippen molar-refractivity contribution in [3.05, 3.63) is 35.9 Å². The van der Waals surface area contributed by atoms with Crippen molar-refractivity contribution < 1.29 is 14.4 Å². The first-order valence-electron chi connectivity index (χ1n) is 6.84. The molecule has 0 aliphatic carbocycles. The fourth-order valence-corrected chi connectivity index (χ4v) is 1.97. The molecule has 0 aromatic heterocycles. The quantitative estimate of drug-likeness (QED) is 0.882. The van der Waals surface area contributed by atoms with Crippen LogP contribution >= 0.6 is 0 Å². The molecule has 0 unspecified atom stereocenters. The second-order valence-corrected chi connectivity index (χ2v) is 5.04. The van der Waals surface area contributed by atoms with E-state index in [2.05, 4.69) is 10.5 Å². The van der Waals surface area contributed by atoms with E-state index in [-0.39, 0.29) is 24.3 Å². The molecule has 112 valence electrons. The molecule has 6 heteroatoms. The maximum atomic E-state index is 11.9. The van der Waals surface area contributed by atoms with E-state index in [1.54, 1.807) is 14.1 Å². The Bertz CT molecular complexity index is 540. The Morgan fingerprint density at radius 1 is 1.33 bits per heavy atom. The molecule has 1 aliphatic rings. The number of nitrogens with zero attached hydrogens (tertiary/aromatic N) is 2. The van der Waals surface area contributed by atoms with Crippen molar-refractivity contribution in [3.8, 4) is 0 Å². The maximum Gasteiger partial charge on any atom is 0.269 e. The highest BCUT2D eigenvalue weighted by Gasteiger charge is 2.27. The molecule has 0 spiro atoms. The molecule has 2 rings (SSSR count). The molecule has 21 heavy (non-hydrogen) atoms. The summed E-state index contributed by atoms with van der Waals surface area (Å²) in [6.45, 7) is 0.296. The number of carbonyl (C=O) groups excluding carboxylic acids is 2. The summed E-state index contributed by atoms with van der Waals surface area (Å²) in [6.07, 6.45) is 0.502. The van der Waals surface area contributed by atoms with Crippen LogP contribution in [0, 0.1) is 0 Å². The Labute approximate surface area is 123 Å². The van der Waals surface area contributed by atoms with Crippen LogP contribution in [-0.4, -0.2) is 43.1 Å². The van der Waals surface area contributed by atoms with Crippen molar-refractivity contribution in [3.63, 3.8) is 0 Å². The van der Waals surface area contributed by atoms with Crippen LogP contribution in [0.5, 0.6) is 0 Å². The average Bonchev–Trinajstić information content (AvgIpc) is 2.97. The Hall–Kier alpha value is -2.37. The van der Waals surface area contributed by atoms with Gasteiger partial charge in [-0.25, -0.2) is 0 Å². The summed E-state index contributed by atoms with van der Waals surface area (Å²) in [5.74, 6) is -0.304. The summed E-state index contributed by atoms with van der Waals surface area (Å²) < 4.78 is 0. The SMILES string of the molecule is CN(C)C(=O)CCNC(=O)C1=NO[C@H](c2ccccc2)C1. The number of oxime groups is 1. The lowest BCUT2D eigenvalue weighted by Crippen LogP contribution is -2.34.